The molecule has 0 saturated carbocycles. The molecule has 0 saturated heterocycles. The van der Waals surface area contributed by atoms with Crippen LogP contribution in [-0.2, 0) is 19.6 Å². The van der Waals surface area contributed by atoms with Gasteiger partial charge in [-0.05, 0) is 23.7 Å². The van der Waals surface area contributed by atoms with Gasteiger partial charge in [-0.2, -0.15) is 9.57 Å². The van der Waals surface area contributed by atoms with Gasteiger partial charge in [0.05, 0.1) is 36.1 Å². The van der Waals surface area contributed by atoms with Crippen molar-refractivity contribution in [1.29, 1.82) is 5.26 Å². The van der Waals surface area contributed by atoms with Crippen molar-refractivity contribution in [3.05, 3.63) is 60.2 Å². The minimum Gasteiger partial charge on any atom is -0.466 e. The van der Waals surface area contributed by atoms with E-state index < -0.39 is 30.1 Å². The lowest BCUT2D eigenvalue weighted by Gasteiger charge is -2.32. The van der Waals surface area contributed by atoms with Crippen molar-refractivity contribution in [2.45, 2.75) is 31.7 Å². The Balaban J connectivity index is 3.47. The van der Waals surface area contributed by atoms with Crippen molar-refractivity contribution in [2.75, 3.05) is 19.4 Å². The highest BCUT2D eigenvalue weighted by atomic mass is 32.2. The number of rotatable bonds is 10. The zero-order chi connectivity index (χ0) is 21.5. The average Bonchev–Trinajstić information content (AvgIpc) is 2.65. The molecule has 0 amide bonds. The molecule has 0 radical (unpaired) electrons. The molecular formula is C20H28N2O4SSi. The van der Waals surface area contributed by atoms with Crippen LogP contribution in [0.25, 0.3) is 0 Å². The number of ether oxygens (including phenoxy) is 1. The lowest BCUT2D eigenvalue weighted by molar-refractivity contribution is -0.136. The molecule has 1 atom stereocenters. The first kappa shape index (κ1) is 23.8. The predicted molar refractivity (Wildman–Crippen MR) is 114 cm³/mol. The fourth-order valence-electron chi connectivity index (χ4n) is 2.58. The van der Waals surface area contributed by atoms with Crippen molar-refractivity contribution < 1.29 is 17.9 Å². The smallest absolute Gasteiger partial charge is 0.335 e. The minimum absolute atomic E-state index is 0.00522. The lowest BCUT2D eigenvalue weighted by Crippen LogP contribution is -2.40. The summed E-state index contributed by atoms with van der Waals surface area (Å²) in [6.45, 7) is 13.8. The molecule has 6 nitrogen and oxygen atoms in total. The first-order chi connectivity index (χ1) is 13.0. The van der Waals surface area contributed by atoms with Crippen LogP contribution in [0.15, 0.2) is 49.1 Å². The third-order valence-corrected chi connectivity index (χ3v) is 8.10. The number of methoxy groups -OCH3 is 1. The summed E-state index contributed by atoms with van der Waals surface area (Å²) in [6.07, 6.45) is 1.48. The van der Waals surface area contributed by atoms with Gasteiger partial charge in [0, 0.05) is 14.6 Å². The Labute approximate surface area is 169 Å². The number of benzene rings is 1. The van der Waals surface area contributed by atoms with Crippen LogP contribution in [0.3, 0.4) is 0 Å². The van der Waals surface area contributed by atoms with Gasteiger partial charge < -0.3 is 4.74 Å². The van der Waals surface area contributed by atoms with Crippen LogP contribution in [0.4, 0.5) is 0 Å². The fourth-order valence-corrected chi connectivity index (χ4v) is 7.20. The molecule has 0 aliphatic rings. The van der Waals surface area contributed by atoms with Crippen LogP contribution in [-0.4, -0.2) is 46.2 Å². The second-order valence-electron chi connectivity index (χ2n) is 7.64. The van der Waals surface area contributed by atoms with Gasteiger partial charge in [-0.25, -0.2) is 13.2 Å². The summed E-state index contributed by atoms with van der Waals surface area (Å²) in [6, 6.07) is 8.08. The molecule has 0 aliphatic carbocycles. The molecule has 1 rings (SSSR count). The second kappa shape index (κ2) is 9.82. The molecule has 0 bridgehead atoms. The number of nitrogens with zero attached hydrogens (tertiary/aromatic N) is 2. The van der Waals surface area contributed by atoms with E-state index in [4.69, 9.17) is 10.00 Å². The van der Waals surface area contributed by atoms with E-state index in [1.807, 2.05) is 6.07 Å². The van der Waals surface area contributed by atoms with Crippen LogP contribution in [0.5, 0.6) is 0 Å². The van der Waals surface area contributed by atoms with Gasteiger partial charge in [0.1, 0.15) is 0 Å². The Morgan fingerprint density at radius 3 is 2.32 bits per heavy atom. The molecule has 0 heterocycles. The van der Waals surface area contributed by atoms with Crippen molar-refractivity contribution in [3.8, 4) is 6.07 Å². The predicted octanol–water partition coefficient (Wildman–Crippen LogP) is 3.48. The van der Waals surface area contributed by atoms with Gasteiger partial charge in [0.25, 0.3) is 0 Å². The molecule has 1 aromatic rings. The van der Waals surface area contributed by atoms with Gasteiger partial charge in [0.15, 0.2) is 0 Å². The number of carbonyl (C=O) groups excluding carboxylic acids is 1. The Bertz CT molecular complexity index is 865. The molecular weight excluding hydrogens is 392 g/mol. The number of carbonyl (C=O) groups is 1. The van der Waals surface area contributed by atoms with Gasteiger partial charge >= 0.3 is 5.97 Å². The maximum Gasteiger partial charge on any atom is 0.335 e. The maximum atomic E-state index is 13.2. The highest BCUT2D eigenvalue weighted by Gasteiger charge is 2.35. The minimum atomic E-state index is -3.70. The first-order valence-electron chi connectivity index (χ1n) is 8.84. The van der Waals surface area contributed by atoms with Gasteiger partial charge in [-0.15, -0.1) is 6.58 Å². The number of esters is 1. The molecule has 1 aromatic carbocycles. The summed E-state index contributed by atoms with van der Waals surface area (Å²) >= 11 is 0. The zero-order valence-corrected chi connectivity index (χ0v) is 18.8. The standard InChI is InChI=1S/C20H28N2O4SSi/c1-7-12-22(27(24,25)13-14-28(4,5)6)19(16(2)20(23)26-3)18-10-8-17(15-21)9-11-18/h7-11,19H,1-2,12-14H2,3-6H3. The van der Waals surface area contributed by atoms with E-state index in [0.717, 1.165) is 0 Å². The molecule has 0 spiro atoms. The van der Waals surface area contributed by atoms with Gasteiger partial charge in [-0.1, -0.05) is 44.4 Å². The average molecular weight is 421 g/mol. The van der Waals surface area contributed by atoms with Crippen LogP contribution in [0, 0.1) is 11.3 Å². The van der Waals surface area contributed by atoms with E-state index in [1.165, 1.54) is 17.5 Å². The van der Waals surface area contributed by atoms with Crippen LogP contribution >= 0.6 is 0 Å². The summed E-state index contributed by atoms with van der Waals surface area (Å²) in [5, 5.41) is 9.01. The summed E-state index contributed by atoms with van der Waals surface area (Å²) in [4.78, 5) is 12.2. The Morgan fingerprint density at radius 1 is 1.32 bits per heavy atom. The molecule has 0 N–H and O–H groups in total. The van der Waals surface area contributed by atoms with E-state index in [-0.39, 0.29) is 17.9 Å². The summed E-state index contributed by atoms with van der Waals surface area (Å²) in [7, 11) is -4.08. The van der Waals surface area contributed by atoms with E-state index in [2.05, 4.69) is 32.8 Å². The van der Waals surface area contributed by atoms with Gasteiger partial charge in [0.2, 0.25) is 10.0 Å². The van der Waals surface area contributed by atoms with E-state index >= 15 is 0 Å². The van der Waals surface area contributed by atoms with Crippen LogP contribution < -0.4 is 0 Å². The summed E-state index contributed by atoms with van der Waals surface area (Å²) in [5.74, 6) is -0.707. The molecule has 152 valence electrons. The van der Waals surface area contributed by atoms with Crippen LogP contribution in [0.1, 0.15) is 17.2 Å². The maximum absolute atomic E-state index is 13.2. The summed E-state index contributed by atoms with van der Waals surface area (Å²) < 4.78 is 32.4. The third kappa shape index (κ3) is 6.44. The van der Waals surface area contributed by atoms with Crippen molar-refractivity contribution >= 4 is 24.1 Å². The van der Waals surface area contributed by atoms with Crippen molar-refractivity contribution in [1.82, 2.24) is 4.31 Å². The monoisotopic (exact) mass is 420 g/mol. The number of hydrogen-bond acceptors (Lipinski definition) is 5. The third-order valence-electron chi connectivity index (χ3n) is 4.20. The van der Waals surface area contributed by atoms with Crippen molar-refractivity contribution in [3.63, 3.8) is 0 Å². The van der Waals surface area contributed by atoms with Crippen LogP contribution in [0.2, 0.25) is 25.7 Å². The molecule has 0 aliphatic heterocycles. The Hall–Kier alpha value is -2.21. The zero-order valence-electron chi connectivity index (χ0n) is 16.9. The fraction of sp³-hybridized carbons (Fsp3) is 0.400. The lowest BCUT2D eigenvalue weighted by atomic mass is 9.98. The van der Waals surface area contributed by atoms with Crippen molar-refractivity contribution in [2.24, 2.45) is 0 Å². The molecule has 0 fully saturated rings. The topological polar surface area (TPSA) is 87.5 Å². The van der Waals surface area contributed by atoms with E-state index in [1.54, 1.807) is 24.3 Å². The van der Waals surface area contributed by atoms with E-state index in [9.17, 15) is 13.2 Å². The quantitative estimate of drug-likeness (QED) is 0.250. The molecule has 8 heteroatoms. The first-order valence-corrected chi connectivity index (χ1v) is 14.2. The highest BCUT2D eigenvalue weighted by molar-refractivity contribution is 7.89. The molecule has 28 heavy (non-hydrogen) atoms. The second-order valence-corrected chi connectivity index (χ2v) is 15.3. The van der Waals surface area contributed by atoms with Gasteiger partial charge in [-0.3, -0.25) is 0 Å². The largest absolute Gasteiger partial charge is 0.466 e. The van der Waals surface area contributed by atoms with E-state index in [0.29, 0.717) is 17.2 Å². The summed E-state index contributed by atoms with van der Waals surface area (Å²) in [5.41, 5.74) is 0.974. The molecule has 0 aromatic heterocycles. The SMILES string of the molecule is C=CCN(C(C(=C)C(=O)OC)c1ccc(C#N)cc1)S(=O)(=O)CC[Si](C)(C)C. The number of hydrogen-bond donors (Lipinski definition) is 0. The number of sulfonamides is 1. The number of nitriles is 1. The highest BCUT2D eigenvalue weighted by Crippen LogP contribution is 2.32. The Morgan fingerprint density at radius 2 is 1.89 bits per heavy atom. The molecule has 1 unspecified atom stereocenters. The normalized spacial score (nSPS) is 12.9. The Kier molecular flexibility index (Phi) is 8.36.